The molecule has 0 radical (unpaired) electrons. The molecule has 0 saturated carbocycles. The van der Waals surface area contributed by atoms with E-state index in [2.05, 4.69) is 5.32 Å². The van der Waals surface area contributed by atoms with E-state index in [1.807, 2.05) is 44.2 Å². The Hall–Kier alpha value is -2.83. The number of esters is 1. The van der Waals surface area contributed by atoms with Crippen LogP contribution in [0.15, 0.2) is 48.5 Å². The molecule has 2 aromatic carbocycles. The molecule has 3 aromatic rings. The summed E-state index contributed by atoms with van der Waals surface area (Å²) < 4.78 is 10.5. The van der Waals surface area contributed by atoms with Crippen LogP contribution in [-0.4, -0.2) is 25.6 Å². The van der Waals surface area contributed by atoms with Gasteiger partial charge in [0.05, 0.1) is 7.11 Å². The Kier molecular flexibility index (Phi) is 6.56. The standard InChI is InChI=1S/C22H20ClNO4S/c1-13-6-4-9-17(10-13)28-12-18(25)24-21-20(22(26)27-3)19(14(2)29-21)15-7-5-8-16(23)11-15/h4-11H,12H2,1-3H3,(H,24,25). The van der Waals surface area contributed by atoms with Crippen molar-refractivity contribution in [2.45, 2.75) is 13.8 Å². The number of rotatable bonds is 6. The Morgan fingerprint density at radius 2 is 1.86 bits per heavy atom. The minimum Gasteiger partial charge on any atom is -0.484 e. The predicted octanol–water partition coefficient (Wildman–Crippen LogP) is 5.49. The number of methoxy groups -OCH3 is 1. The summed E-state index contributed by atoms with van der Waals surface area (Å²) >= 11 is 7.42. The van der Waals surface area contributed by atoms with Gasteiger partial charge in [-0.05, 0) is 49.2 Å². The number of nitrogens with one attached hydrogen (secondary N) is 1. The van der Waals surface area contributed by atoms with Crippen LogP contribution in [0.5, 0.6) is 5.75 Å². The van der Waals surface area contributed by atoms with E-state index in [-0.39, 0.29) is 12.5 Å². The van der Waals surface area contributed by atoms with Gasteiger partial charge in [0.15, 0.2) is 6.61 Å². The van der Waals surface area contributed by atoms with Crippen LogP contribution < -0.4 is 10.1 Å². The van der Waals surface area contributed by atoms with Gasteiger partial charge in [0.25, 0.3) is 5.91 Å². The van der Waals surface area contributed by atoms with Crippen LogP contribution in [0, 0.1) is 13.8 Å². The number of benzene rings is 2. The Bertz CT molecular complexity index is 1060. The molecule has 0 bridgehead atoms. The maximum atomic E-state index is 12.5. The second kappa shape index (κ2) is 9.11. The molecule has 1 amide bonds. The molecule has 5 nitrogen and oxygen atoms in total. The maximum Gasteiger partial charge on any atom is 0.341 e. The number of carbonyl (C=O) groups excluding carboxylic acids is 2. The number of anilines is 1. The number of thiophene rings is 1. The molecule has 0 fully saturated rings. The third-order valence-corrected chi connectivity index (χ3v) is 5.46. The number of amides is 1. The molecular formula is C22H20ClNO4S. The van der Waals surface area contributed by atoms with Gasteiger partial charge >= 0.3 is 5.97 Å². The van der Waals surface area contributed by atoms with Gasteiger partial charge in [0.1, 0.15) is 16.3 Å². The van der Waals surface area contributed by atoms with E-state index in [9.17, 15) is 9.59 Å². The smallest absolute Gasteiger partial charge is 0.341 e. The molecule has 0 aliphatic heterocycles. The SMILES string of the molecule is COC(=O)c1c(NC(=O)COc2cccc(C)c2)sc(C)c1-c1cccc(Cl)c1. The van der Waals surface area contributed by atoms with Gasteiger partial charge in [-0.15, -0.1) is 11.3 Å². The van der Waals surface area contributed by atoms with Crippen molar-refractivity contribution >= 4 is 39.8 Å². The van der Waals surface area contributed by atoms with Gasteiger partial charge < -0.3 is 14.8 Å². The van der Waals surface area contributed by atoms with Crippen LogP contribution in [-0.2, 0) is 9.53 Å². The van der Waals surface area contributed by atoms with Gasteiger partial charge in [0, 0.05) is 15.5 Å². The molecule has 0 aliphatic carbocycles. The highest BCUT2D eigenvalue weighted by molar-refractivity contribution is 7.17. The average Bonchev–Trinajstić information content (AvgIpc) is 3.01. The second-order valence-electron chi connectivity index (χ2n) is 6.39. The first kappa shape index (κ1) is 20.9. The Morgan fingerprint density at radius 3 is 2.55 bits per heavy atom. The minimum absolute atomic E-state index is 0.173. The van der Waals surface area contributed by atoms with Crippen LogP contribution in [0.3, 0.4) is 0 Å². The second-order valence-corrected chi connectivity index (χ2v) is 8.05. The van der Waals surface area contributed by atoms with E-state index < -0.39 is 5.97 Å². The lowest BCUT2D eigenvalue weighted by molar-refractivity contribution is -0.118. The third-order valence-electron chi connectivity index (χ3n) is 4.20. The Labute approximate surface area is 178 Å². The summed E-state index contributed by atoms with van der Waals surface area (Å²) in [6.45, 7) is 3.65. The number of aryl methyl sites for hydroxylation is 2. The number of carbonyl (C=O) groups is 2. The number of hydrogen-bond acceptors (Lipinski definition) is 5. The Morgan fingerprint density at radius 1 is 1.10 bits per heavy atom. The molecule has 3 rings (SSSR count). The van der Waals surface area contributed by atoms with Crippen molar-refractivity contribution < 1.29 is 19.1 Å². The van der Waals surface area contributed by atoms with Crippen LogP contribution in [0.2, 0.25) is 5.02 Å². The first-order valence-electron chi connectivity index (χ1n) is 8.86. The fourth-order valence-electron chi connectivity index (χ4n) is 2.94. The molecule has 0 aliphatic rings. The van der Waals surface area contributed by atoms with Crippen LogP contribution in [0.1, 0.15) is 20.8 Å². The van der Waals surface area contributed by atoms with E-state index >= 15 is 0 Å². The van der Waals surface area contributed by atoms with Crippen molar-refractivity contribution in [3.05, 3.63) is 69.6 Å². The molecule has 0 spiro atoms. The normalized spacial score (nSPS) is 10.5. The van der Waals surface area contributed by atoms with E-state index in [1.165, 1.54) is 18.4 Å². The quantitative estimate of drug-likeness (QED) is 0.526. The van der Waals surface area contributed by atoms with Gasteiger partial charge in [-0.25, -0.2) is 4.79 Å². The van der Waals surface area contributed by atoms with Crippen molar-refractivity contribution in [3.63, 3.8) is 0 Å². The molecule has 7 heteroatoms. The fourth-order valence-corrected chi connectivity index (χ4v) is 4.21. The maximum absolute atomic E-state index is 12.5. The van der Waals surface area contributed by atoms with Crippen molar-refractivity contribution in [3.8, 4) is 16.9 Å². The molecule has 150 valence electrons. The van der Waals surface area contributed by atoms with E-state index in [0.29, 0.717) is 26.9 Å². The molecule has 29 heavy (non-hydrogen) atoms. The zero-order valence-corrected chi connectivity index (χ0v) is 17.8. The van der Waals surface area contributed by atoms with Gasteiger partial charge in [-0.3, -0.25) is 4.79 Å². The summed E-state index contributed by atoms with van der Waals surface area (Å²) in [5.41, 5.74) is 2.82. The molecule has 0 saturated heterocycles. The number of hydrogen-bond donors (Lipinski definition) is 1. The molecule has 1 N–H and O–H groups in total. The summed E-state index contributed by atoms with van der Waals surface area (Å²) in [7, 11) is 1.31. The van der Waals surface area contributed by atoms with E-state index in [1.54, 1.807) is 18.2 Å². The third kappa shape index (κ3) is 4.96. The monoisotopic (exact) mass is 429 g/mol. The summed E-state index contributed by atoms with van der Waals surface area (Å²) in [6.07, 6.45) is 0. The highest BCUT2D eigenvalue weighted by atomic mass is 35.5. The first-order valence-corrected chi connectivity index (χ1v) is 10.1. The van der Waals surface area contributed by atoms with E-state index in [0.717, 1.165) is 16.0 Å². The highest BCUT2D eigenvalue weighted by Gasteiger charge is 2.25. The van der Waals surface area contributed by atoms with Gasteiger partial charge in [0.2, 0.25) is 0 Å². The summed E-state index contributed by atoms with van der Waals surface area (Å²) in [6, 6.07) is 14.6. The summed E-state index contributed by atoms with van der Waals surface area (Å²) in [5.74, 6) is -0.287. The zero-order valence-electron chi connectivity index (χ0n) is 16.2. The number of ether oxygens (including phenoxy) is 2. The minimum atomic E-state index is -0.528. The van der Waals surface area contributed by atoms with Gasteiger partial charge in [-0.1, -0.05) is 35.9 Å². The fraction of sp³-hybridized carbons (Fsp3) is 0.182. The largest absolute Gasteiger partial charge is 0.484 e. The predicted molar refractivity (Wildman–Crippen MR) is 116 cm³/mol. The van der Waals surface area contributed by atoms with Crippen molar-refractivity contribution in [1.82, 2.24) is 0 Å². The lowest BCUT2D eigenvalue weighted by Crippen LogP contribution is -2.21. The molecule has 1 aromatic heterocycles. The molecular weight excluding hydrogens is 410 g/mol. The summed E-state index contributed by atoms with van der Waals surface area (Å²) in [5, 5.41) is 3.75. The van der Waals surface area contributed by atoms with Crippen molar-refractivity contribution in [2.75, 3.05) is 19.0 Å². The lowest BCUT2D eigenvalue weighted by Gasteiger charge is -2.09. The lowest BCUT2D eigenvalue weighted by atomic mass is 10.0. The van der Waals surface area contributed by atoms with Gasteiger partial charge in [-0.2, -0.15) is 0 Å². The van der Waals surface area contributed by atoms with Crippen LogP contribution in [0.4, 0.5) is 5.00 Å². The van der Waals surface area contributed by atoms with Crippen LogP contribution >= 0.6 is 22.9 Å². The van der Waals surface area contributed by atoms with Crippen LogP contribution in [0.25, 0.3) is 11.1 Å². The van der Waals surface area contributed by atoms with Crippen molar-refractivity contribution in [2.24, 2.45) is 0 Å². The van der Waals surface area contributed by atoms with Crippen molar-refractivity contribution in [1.29, 1.82) is 0 Å². The van der Waals surface area contributed by atoms with E-state index in [4.69, 9.17) is 21.1 Å². The highest BCUT2D eigenvalue weighted by Crippen LogP contribution is 2.40. The molecule has 0 atom stereocenters. The first-order chi connectivity index (χ1) is 13.9. The molecule has 1 heterocycles. The number of halogens is 1. The molecule has 0 unspecified atom stereocenters. The topological polar surface area (TPSA) is 64.6 Å². The Balaban J connectivity index is 1.86. The summed E-state index contributed by atoms with van der Waals surface area (Å²) in [4.78, 5) is 25.8. The average molecular weight is 430 g/mol. The zero-order chi connectivity index (χ0) is 21.0.